The molecule has 4 heteroatoms. The van der Waals surface area contributed by atoms with E-state index >= 15 is 0 Å². The predicted molar refractivity (Wildman–Crippen MR) is 86.9 cm³/mol. The Bertz CT molecular complexity index is 782. The third-order valence-electron chi connectivity index (χ3n) is 2.93. The van der Waals surface area contributed by atoms with Crippen molar-refractivity contribution in [2.75, 3.05) is 0 Å². The van der Waals surface area contributed by atoms with E-state index in [0.29, 0.717) is 10.0 Å². The topological polar surface area (TPSA) is 0 Å². The van der Waals surface area contributed by atoms with Gasteiger partial charge >= 0.3 is 0 Å². The van der Waals surface area contributed by atoms with Gasteiger partial charge in [0.25, 0.3) is 0 Å². The summed E-state index contributed by atoms with van der Waals surface area (Å²) in [7, 11) is 0. The van der Waals surface area contributed by atoms with Crippen molar-refractivity contribution < 1.29 is 0 Å². The van der Waals surface area contributed by atoms with Gasteiger partial charge in [-0.25, -0.2) is 0 Å². The van der Waals surface area contributed by atoms with E-state index in [0.717, 1.165) is 30.5 Å². The summed E-state index contributed by atoms with van der Waals surface area (Å²) in [6.07, 6.45) is 0. The van der Waals surface area contributed by atoms with Gasteiger partial charge in [-0.1, -0.05) is 57.3 Å². The second-order valence-corrected chi connectivity index (χ2v) is 6.51. The van der Waals surface area contributed by atoms with Crippen LogP contribution in [0.15, 0.2) is 45.3 Å². The lowest BCUT2D eigenvalue weighted by Crippen LogP contribution is -1.82. The molecule has 0 atom stereocenters. The first-order chi connectivity index (χ1) is 8.58. The SMILES string of the molecule is Clc1cc2c(ccc3cc(Br)ccc32)c(Cl)c1Br. The summed E-state index contributed by atoms with van der Waals surface area (Å²) in [5, 5.41) is 5.66. The van der Waals surface area contributed by atoms with Gasteiger partial charge in [0.05, 0.1) is 14.5 Å². The Hall–Kier alpha value is -0.280. The normalized spacial score (nSPS) is 11.3. The van der Waals surface area contributed by atoms with Crippen molar-refractivity contribution in [3.05, 3.63) is 55.4 Å². The van der Waals surface area contributed by atoms with Gasteiger partial charge in [0.2, 0.25) is 0 Å². The van der Waals surface area contributed by atoms with Crippen LogP contribution in [0.25, 0.3) is 21.5 Å². The van der Waals surface area contributed by atoms with Crippen LogP contribution in [0, 0.1) is 0 Å². The molecule has 0 fully saturated rings. The van der Waals surface area contributed by atoms with E-state index < -0.39 is 0 Å². The van der Waals surface area contributed by atoms with Crippen LogP contribution in [0.5, 0.6) is 0 Å². The molecule has 18 heavy (non-hydrogen) atoms. The highest BCUT2D eigenvalue weighted by molar-refractivity contribution is 9.10. The number of benzene rings is 3. The van der Waals surface area contributed by atoms with Crippen molar-refractivity contribution in [3.63, 3.8) is 0 Å². The van der Waals surface area contributed by atoms with Crippen LogP contribution in [0.3, 0.4) is 0 Å². The Labute approximate surface area is 131 Å². The van der Waals surface area contributed by atoms with Crippen LogP contribution >= 0.6 is 55.1 Å². The average Bonchev–Trinajstić information content (AvgIpc) is 2.35. The molecule has 0 heterocycles. The first-order valence-corrected chi connectivity index (χ1v) is 7.57. The van der Waals surface area contributed by atoms with Gasteiger partial charge in [-0.05, 0) is 50.3 Å². The molecular formula is C14H6Br2Cl2. The van der Waals surface area contributed by atoms with Gasteiger partial charge in [0.15, 0.2) is 0 Å². The largest absolute Gasteiger partial charge is 0.0830 e. The molecule has 0 N–H and O–H groups in total. The Kier molecular flexibility index (Phi) is 3.31. The molecule has 0 radical (unpaired) electrons. The van der Waals surface area contributed by atoms with E-state index in [4.69, 9.17) is 23.2 Å². The zero-order valence-electron chi connectivity index (χ0n) is 8.98. The first kappa shape index (κ1) is 12.7. The van der Waals surface area contributed by atoms with Crippen LogP contribution in [-0.4, -0.2) is 0 Å². The molecule has 0 spiro atoms. The molecule has 3 rings (SSSR count). The van der Waals surface area contributed by atoms with Crippen molar-refractivity contribution in [1.82, 2.24) is 0 Å². The van der Waals surface area contributed by atoms with Gasteiger partial charge < -0.3 is 0 Å². The molecule has 3 aromatic rings. The van der Waals surface area contributed by atoms with E-state index in [-0.39, 0.29) is 0 Å². The number of fused-ring (bicyclic) bond motifs is 3. The summed E-state index contributed by atoms with van der Waals surface area (Å²) in [6.45, 7) is 0. The predicted octanol–water partition coefficient (Wildman–Crippen LogP) is 6.82. The van der Waals surface area contributed by atoms with Crippen molar-refractivity contribution in [3.8, 4) is 0 Å². The van der Waals surface area contributed by atoms with E-state index in [2.05, 4.69) is 50.1 Å². The monoisotopic (exact) mass is 402 g/mol. The van der Waals surface area contributed by atoms with Gasteiger partial charge in [0, 0.05) is 9.86 Å². The maximum Gasteiger partial charge on any atom is 0.0641 e. The minimum Gasteiger partial charge on any atom is -0.0830 e. The standard InChI is InChI=1S/C14H6Br2Cl2/c15-8-2-4-9-7(5-8)1-3-10-11(9)6-12(17)13(16)14(10)18/h1-6H. The molecule has 0 aliphatic rings. The van der Waals surface area contributed by atoms with Gasteiger partial charge in [-0.15, -0.1) is 0 Å². The number of rotatable bonds is 0. The highest BCUT2D eigenvalue weighted by Gasteiger charge is 2.10. The molecule has 0 bridgehead atoms. The molecule has 90 valence electrons. The minimum atomic E-state index is 0.628. The van der Waals surface area contributed by atoms with Gasteiger partial charge in [-0.2, -0.15) is 0 Å². The zero-order valence-corrected chi connectivity index (χ0v) is 13.7. The smallest absolute Gasteiger partial charge is 0.0641 e. The third-order valence-corrected chi connectivity index (χ3v) is 5.40. The second kappa shape index (κ2) is 4.68. The van der Waals surface area contributed by atoms with E-state index in [1.54, 1.807) is 0 Å². The minimum absolute atomic E-state index is 0.628. The fraction of sp³-hybridized carbons (Fsp3) is 0. The van der Waals surface area contributed by atoms with Crippen LogP contribution in [0.4, 0.5) is 0 Å². The molecule has 0 saturated heterocycles. The van der Waals surface area contributed by atoms with Crippen LogP contribution in [0.1, 0.15) is 0 Å². The summed E-state index contributed by atoms with van der Waals surface area (Å²) in [5.41, 5.74) is 0. The maximum absolute atomic E-state index is 6.32. The van der Waals surface area contributed by atoms with Crippen LogP contribution in [-0.2, 0) is 0 Å². The molecule has 3 aromatic carbocycles. The lowest BCUT2D eigenvalue weighted by Gasteiger charge is -2.09. The van der Waals surface area contributed by atoms with Crippen molar-refractivity contribution in [2.45, 2.75) is 0 Å². The lowest BCUT2D eigenvalue weighted by atomic mass is 10.0. The molecule has 0 aromatic heterocycles. The second-order valence-electron chi connectivity index (χ2n) is 4.01. The van der Waals surface area contributed by atoms with Crippen molar-refractivity contribution >= 4 is 76.6 Å². The molecule has 0 nitrogen and oxygen atoms in total. The molecule has 0 aliphatic heterocycles. The van der Waals surface area contributed by atoms with E-state index in [9.17, 15) is 0 Å². The first-order valence-electron chi connectivity index (χ1n) is 5.23. The fourth-order valence-corrected chi connectivity index (χ4v) is 3.31. The number of hydrogen-bond acceptors (Lipinski definition) is 0. The molecule has 0 saturated carbocycles. The fourth-order valence-electron chi connectivity index (χ4n) is 2.08. The zero-order chi connectivity index (χ0) is 12.9. The summed E-state index contributed by atoms with van der Waals surface area (Å²) in [5.74, 6) is 0. The Morgan fingerprint density at radius 3 is 2.28 bits per heavy atom. The van der Waals surface area contributed by atoms with Gasteiger partial charge in [0.1, 0.15) is 0 Å². The number of hydrogen-bond donors (Lipinski definition) is 0. The third kappa shape index (κ3) is 1.96. The maximum atomic E-state index is 6.32. The summed E-state index contributed by atoms with van der Waals surface area (Å²) in [4.78, 5) is 0. The van der Waals surface area contributed by atoms with E-state index in [1.165, 1.54) is 0 Å². The molecule has 0 aliphatic carbocycles. The van der Waals surface area contributed by atoms with Gasteiger partial charge in [-0.3, -0.25) is 0 Å². The van der Waals surface area contributed by atoms with E-state index in [1.807, 2.05) is 18.2 Å². The van der Waals surface area contributed by atoms with Crippen LogP contribution in [0.2, 0.25) is 10.0 Å². The highest BCUT2D eigenvalue weighted by atomic mass is 79.9. The van der Waals surface area contributed by atoms with Crippen molar-refractivity contribution in [1.29, 1.82) is 0 Å². The lowest BCUT2D eigenvalue weighted by molar-refractivity contribution is 1.70. The summed E-state index contributed by atoms with van der Waals surface area (Å²) < 4.78 is 1.80. The molecule has 0 amide bonds. The molecular weight excluding hydrogens is 399 g/mol. The summed E-state index contributed by atoms with van der Waals surface area (Å²) in [6, 6.07) is 12.2. The Balaban J connectivity index is 2.55. The van der Waals surface area contributed by atoms with Crippen LogP contribution < -0.4 is 0 Å². The van der Waals surface area contributed by atoms with Crippen molar-refractivity contribution in [2.24, 2.45) is 0 Å². The average molecular weight is 405 g/mol. The highest BCUT2D eigenvalue weighted by Crippen LogP contribution is 2.39. The quantitative estimate of drug-likeness (QED) is 0.284. The number of halogens is 4. The Morgan fingerprint density at radius 1 is 0.778 bits per heavy atom. The molecule has 0 unspecified atom stereocenters. The Morgan fingerprint density at radius 2 is 1.50 bits per heavy atom. The summed E-state index contributed by atoms with van der Waals surface area (Å²) >= 11 is 19.4.